The molecule has 0 radical (unpaired) electrons. The van der Waals surface area contributed by atoms with Crippen molar-refractivity contribution in [1.82, 2.24) is 9.55 Å². The molecule has 2 heterocycles. The number of nitrogens with zero attached hydrogens (tertiary/aromatic N) is 1. The number of hydrogen-bond donors (Lipinski definition) is 2. The van der Waals surface area contributed by atoms with Crippen LogP contribution in [0.25, 0.3) is 0 Å². The maximum atomic E-state index is 13.1. The molecule has 0 aromatic carbocycles. The zero-order valence-corrected chi connectivity index (χ0v) is 10.5. The lowest BCUT2D eigenvalue weighted by Gasteiger charge is -2.01. The van der Waals surface area contributed by atoms with E-state index >= 15 is 0 Å². The minimum absolute atomic E-state index is 0.151. The molecule has 0 atom stereocenters. The minimum Gasteiger partial charge on any atom is -0.384 e. The van der Waals surface area contributed by atoms with E-state index in [0.29, 0.717) is 5.56 Å². The highest BCUT2D eigenvalue weighted by Crippen LogP contribution is 2.14. The number of aromatic nitrogens is 2. The van der Waals surface area contributed by atoms with Crippen LogP contribution in [0, 0.1) is 17.7 Å². The van der Waals surface area contributed by atoms with Crippen LogP contribution in [0.3, 0.4) is 0 Å². The summed E-state index contributed by atoms with van der Waals surface area (Å²) in [6.45, 7) is -0.0756. The Morgan fingerprint density at radius 1 is 1.47 bits per heavy atom. The maximum absolute atomic E-state index is 13.1. The molecule has 0 fully saturated rings. The molecule has 0 aliphatic carbocycles. The topological polar surface area (TPSA) is 75.1 Å². The van der Waals surface area contributed by atoms with E-state index in [1.807, 2.05) is 4.98 Å². The Hall–Kier alpha value is -2.17. The summed E-state index contributed by atoms with van der Waals surface area (Å²) in [5.74, 6) is 4.23. The fourth-order valence-corrected chi connectivity index (χ4v) is 2.25. The lowest BCUT2D eigenvalue weighted by Crippen LogP contribution is -2.31. The van der Waals surface area contributed by atoms with Gasteiger partial charge in [-0.3, -0.25) is 14.3 Å². The van der Waals surface area contributed by atoms with Gasteiger partial charge in [-0.15, -0.1) is 11.3 Å². The molecule has 0 unspecified atom stereocenters. The number of aromatic amines is 1. The Morgan fingerprint density at radius 2 is 2.26 bits per heavy atom. The first-order valence-electron chi connectivity index (χ1n) is 5.26. The zero-order chi connectivity index (χ0) is 13.8. The molecule has 0 aliphatic heterocycles. The number of halogens is 1. The van der Waals surface area contributed by atoms with Crippen LogP contribution in [0.2, 0.25) is 0 Å². The molecule has 0 saturated carbocycles. The van der Waals surface area contributed by atoms with Crippen LogP contribution in [0.4, 0.5) is 4.39 Å². The molecule has 2 N–H and O–H groups in total. The van der Waals surface area contributed by atoms with Gasteiger partial charge in [-0.1, -0.05) is 11.8 Å². The second kappa shape index (κ2) is 5.65. The zero-order valence-electron chi connectivity index (χ0n) is 9.64. The van der Waals surface area contributed by atoms with E-state index in [2.05, 4.69) is 11.8 Å². The molecular formula is C12H9FN2O3S. The van der Waals surface area contributed by atoms with Crippen LogP contribution in [-0.4, -0.2) is 21.3 Å². The number of nitrogens with one attached hydrogen (secondary N) is 1. The molecule has 19 heavy (non-hydrogen) atoms. The summed E-state index contributed by atoms with van der Waals surface area (Å²) in [7, 11) is 0. The Labute approximate surface area is 111 Å². The monoisotopic (exact) mass is 280 g/mol. The van der Waals surface area contributed by atoms with Crippen molar-refractivity contribution in [3.05, 3.63) is 54.7 Å². The van der Waals surface area contributed by atoms with Crippen LogP contribution in [0.15, 0.2) is 27.2 Å². The Bertz CT molecular complexity index is 764. The van der Waals surface area contributed by atoms with Crippen molar-refractivity contribution in [3.63, 3.8) is 0 Å². The summed E-state index contributed by atoms with van der Waals surface area (Å²) >= 11 is 1.36. The smallest absolute Gasteiger partial charge is 0.328 e. The van der Waals surface area contributed by atoms with Crippen molar-refractivity contribution in [2.24, 2.45) is 0 Å². The average Bonchev–Trinajstić information content (AvgIpc) is 2.81. The lowest BCUT2D eigenvalue weighted by atomic mass is 10.3. The van der Waals surface area contributed by atoms with Gasteiger partial charge in [0.25, 0.3) is 5.56 Å². The van der Waals surface area contributed by atoms with Gasteiger partial charge in [-0.2, -0.15) is 4.39 Å². The van der Waals surface area contributed by atoms with Crippen molar-refractivity contribution in [1.29, 1.82) is 0 Å². The van der Waals surface area contributed by atoms with Crippen LogP contribution in [0.1, 0.15) is 10.4 Å². The minimum atomic E-state index is -1.03. The van der Waals surface area contributed by atoms with Crippen molar-refractivity contribution in [2.45, 2.75) is 6.54 Å². The predicted octanol–water partition coefficient (Wildman–Crippen LogP) is 0.129. The van der Waals surface area contributed by atoms with E-state index < -0.39 is 17.1 Å². The Balaban J connectivity index is 2.27. The molecule has 2 aromatic rings. The van der Waals surface area contributed by atoms with Crippen molar-refractivity contribution in [2.75, 3.05) is 6.61 Å². The van der Waals surface area contributed by atoms with Crippen LogP contribution >= 0.6 is 11.3 Å². The molecule has 98 valence electrons. The molecule has 2 rings (SSSR count). The fourth-order valence-electron chi connectivity index (χ4n) is 1.44. The van der Waals surface area contributed by atoms with Crippen molar-refractivity contribution >= 4 is 11.3 Å². The van der Waals surface area contributed by atoms with E-state index in [9.17, 15) is 14.0 Å². The molecule has 5 nitrogen and oxygen atoms in total. The lowest BCUT2D eigenvalue weighted by molar-refractivity contribution is 0.350. The number of aliphatic hydroxyl groups is 1. The second-order valence-corrected chi connectivity index (χ2v) is 4.62. The number of hydrogen-bond acceptors (Lipinski definition) is 4. The quantitative estimate of drug-likeness (QED) is 0.768. The van der Waals surface area contributed by atoms with E-state index in [0.717, 1.165) is 15.6 Å². The summed E-state index contributed by atoms with van der Waals surface area (Å²) in [5, 5.41) is 10.3. The molecule has 7 heteroatoms. The largest absolute Gasteiger partial charge is 0.384 e. The number of aliphatic hydroxyl groups excluding tert-OH is 1. The van der Waals surface area contributed by atoms with Crippen molar-refractivity contribution < 1.29 is 9.50 Å². The molecule has 0 amide bonds. The van der Waals surface area contributed by atoms with Crippen LogP contribution in [-0.2, 0) is 6.54 Å². The summed E-state index contributed by atoms with van der Waals surface area (Å²) < 4.78 is 14.2. The molecular weight excluding hydrogens is 271 g/mol. The van der Waals surface area contributed by atoms with Crippen LogP contribution < -0.4 is 11.2 Å². The van der Waals surface area contributed by atoms with Gasteiger partial charge in [-0.25, -0.2) is 4.79 Å². The second-order valence-electron chi connectivity index (χ2n) is 3.63. The van der Waals surface area contributed by atoms with Gasteiger partial charge in [0.2, 0.25) is 5.82 Å². The first kappa shape index (κ1) is 13.3. The van der Waals surface area contributed by atoms with Gasteiger partial charge >= 0.3 is 5.69 Å². The molecule has 0 aliphatic rings. The first-order valence-corrected chi connectivity index (χ1v) is 6.14. The predicted molar refractivity (Wildman–Crippen MR) is 68.7 cm³/mol. The highest BCUT2D eigenvalue weighted by Gasteiger charge is 2.05. The summed E-state index contributed by atoms with van der Waals surface area (Å²) in [6, 6.07) is 1.74. The van der Waals surface area contributed by atoms with Gasteiger partial charge in [0.15, 0.2) is 0 Å². The summed E-state index contributed by atoms with van der Waals surface area (Å²) in [4.78, 5) is 25.0. The van der Waals surface area contributed by atoms with Gasteiger partial charge in [0, 0.05) is 15.8 Å². The first-order chi connectivity index (χ1) is 9.10. The van der Waals surface area contributed by atoms with Gasteiger partial charge in [0.1, 0.15) is 6.61 Å². The van der Waals surface area contributed by atoms with E-state index in [-0.39, 0.29) is 13.2 Å². The summed E-state index contributed by atoms with van der Waals surface area (Å²) in [6.07, 6.45) is 0.875. The van der Waals surface area contributed by atoms with Crippen molar-refractivity contribution in [3.8, 4) is 11.8 Å². The highest BCUT2D eigenvalue weighted by atomic mass is 32.1. The molecule has 0 spiro atoms. The third-order valence-corrected chi connectivity index (χ3v) is 3.18. The Morgan fingerprint density at radius 3 is 3.00 bits per heavy atom. The van der Waals surface area contributed by atoms with E-state index in [1.54, 1.807) is 11.4 Å². The molecule has 0 saturated heterocycles. The molecule has 2 aromatic heterocycles. The van der Waals surface area contributed by atoms with Gasteiger partial charge in [-0.05, 0) is 6.07 Å². The highest BCUT2D eigenvalue weighted by molar-refractivity contribution is 7.10. The van der Waals surface area contributed by atoms with E-state index in [1.165, 1.54) is 11.3 Å². The fraction of sp³-hybridized carbons (Fsp3) is 0.167. The maximum Gasteiger partial charge on any atom is 0.328 e. The normalized spacial score (nSPS) is 10.0. The third kappa shape index (κ3) is 3.19. The summed E-state index contributed by atoms with van der Waals surface area (Å²) in [5.41, 5.74) is -0.975. The number of rotatable bonds is 2. The number of H-pyrrole nitrogens is 1. The van der Waals surface area contributed by atoms with Crippen LogP contribution in [0.5, 0.6) is 0 Å². The van der Waals surface area contributed by atoms with Gasteiger partial charge in [0.05, 0.1) is 12.7 Å². The number of thiophene rings is 1. The SMILES string of the molecule is O=c1[nH]c(=O)n(Cc2cc(C#CCO)cs2)cc1F. The van der Waals surface area contributed by atoms with Gasteiger partial charge < -0.3 is 5.11 Å². The third-order valence-electron chi connectivity index (χ3n) is 2.26. The Kier molecular flexibility index (Phi) is 3.94. The average molecular weight is 280 g/mol. The van der Waals surface area contributed by atoms with E-state index in [4.69, 9.17) is 5.11 Å². The standard InChI is InChI=1S/C12H9FN2O3S/c13-10-6-15(12(18)14-11(10)17)5-9-4-8(7-19-9)2-1-3-16/h4,6-7,16H,3,5H2,(H,14,17,18). The molecule has 0 bridgehead atoms.